The van der Waals surface area contributed by atoms with Crippen LogP contribution in [0.15, 0.2) is 9.95 Å². The SMILES string of the molecule is Cc1sc2nc(S[C@@H](C)C(N)=O)n(C)c(=O)c2c1C. The summed E-state index contributed by atoms with van der Waals surface area (Å²) in [7, 11) is 1.66. The number of aryl methyl sites for hydroxylation is 2. The highest BCUT2D eigenvalue weighted by molar-refractivity contribution is 8.00. The summed E-state index contributed by atoms with van der Waals surface area (Å²) in [6.07, 6.45) is 0. The van der Waals surface area contributed by atoms with Crippen molar-refractivity contribution < 1.29 is 4.79 Å². The van der Waals surface area contributed by atoms with E-state index in [-0.39, 0.29) is 5.56 Å². The lowest BCUT2D eigenvalue weighted by Gasteiger charge is -2.10. The molecule has 0 aliphatic carbocycles. The molecule has 1 atom stereocenters. The Balaban J connectivity index is 2.62. The second-order valence-corrected chi connectivity index (χ2v) is 6.90. The fourth-order valence-electron chi connectivity index (χ4n) is 1.68. The summed E-state index contributed by atoms with van der Waals surface area (Å²) < 4.78 is 1.48. The normalized spacial score (nSPS) is 12.8. The Kier molecular flexibility index (Phi) is 3.69. The number of nitrogens with two attached hydrogens (primary N) is 1. The molecule has 2 N–H and O–H groups in total. The van der Waals surface area contributed by atoms with Crippen LogP contribution in [0, 0.1) is 13.8 Å². The molecule has 0 aliphatic rings. The molecule has 0 saturated heterocycles. The maximum atomic E-state index is 12.3. The molecular formula is C12H15N3O2S2. The maximum Gasteiger partial charge on any atom is 0.262 e. The van der Waals surface area contributed by atoms with Crippen molar-refractivity contribution in [3.8, 4) is 0 Å². The highest BCUT2D eigenvalue weighted by atomic mass is 32.2. The lowest BCUT2D eigenvalue weighted by Crippen LogP contribution is -2.25. The summed E-state index contributed by atoms with van der Waals surface area (Å²) in [5, 5.41) is 0.767. The first kappa shape index (κ1) is 14.1. The molecule has 5 nitrogen and oxygen atoms in total. The van der Waals surface area contributed by atoms with E-state index in [2.05, 4.69) is 4.98 Å². The van der Waals surface area contributed by atoms with Crippen molar-refractivity contribution in [2.24, 2.45) is 12.8 Å². The van der Waals surface area contributed by atoms with Gasteiger partial charge in [0.15, 0.2) is 5.16 Å². The van der Waals surface area contributed by atoms with Gasteiger partial charge in [0.1, 0.15) is 4.83 Å². The first-order valence-electron chi connectivity index (χ1n) is 5.75. The van der Waals surface area contributed by atoms with Gasteiger partial charge >= 0.3 is 0 Å². The highest BCUT2D eigenvalue weighted by Crippen LogP contribution is 2.29. The van der Waals surface area contributed by atoms with Crippen LogP contribution in [0.25, 0.3) is 10.2 Å². The molecule has 2 aromatic heterocycles. The number of thiophene rings is 1. The number of amides is 1. The van der Waals surface area contributed by atoms with Crippen LogP contribution in [0.5, 0.6) is 0 Å². The topological polar surface area (TPSA) is 78.0 Å². The van der Waals surface area contributed by atoms with Gasteiger partial charge < -0.3 is 5.73 Å². The predicted octanol–water partition coefficient (Wildman–Crippen LogP) is 1.58. The van der Waals surface area contributed by atoms with Crippen molar-refractivity contribution in [3.05, 3.63) is 20.8 Å². The van der Waals surface area contributed by atoms with E-state index < -0.39 is 11.2 Å². The molecule has 19 heavy (non-hydrogen) atoms. The Hall–Kier alpha value is -1.34. The van der Waals surface area contributed by atoms with Gasteiger partial charge in [-0.3, -0.25) is 14.2 Å². The lowest BCUT2D eigenvalue weighted by molar-refractivity contribution is -0.117. The number of hydrogen-bond acceptors (Lipinski definition) is 5. The van der Waals surface area contributed by atoms with Gasteiger partial charge in [0.05, 0.1) is 10.6 Å². The summed E-state index contributed by atoms with van der Waals surface area (Å²) in [4.78, 5) is 29.7. The lowest BCUT2D eigenvalue weighted by atomic mass is 10.2. The molecular weight excluding hydrogens is 282 g/mol. The van der Waals surface area contributed by atoms with Crippen LogP contribution in [0.3, 0.4) is 0 Å². The van der Waals surface area contributed by atoms with Gasteiger partial charge in [-0.15, -0.1) is 11.3 Å². The van der Waals surface area contributed by atoms with Crippen molar-refractivity contribution in [3.63, 3.8) is 0 Å². The molecule has 0 fully saturated rings. The second-order valence-electron chi connectivity index (χ2n) is 4.38. The summed E-state index contributed by atoms with van der Waals surface area (Å²) >= 11 is 2.70. The molecule has 2 rings (SSSR count). The predicted molar refractivity (Wildman–Crippen MR) is 78.8 cm³/mol. The van der Waals surface area contributed by atoms with Crippen molar-refractivity contribution in [2.45, 2.75) is 31.2 Å². The van der Waals surface area contributed by atoms with Gasteiger partial charge in [-0.25, -0.2) is 4.98 Å². The average Bonchev–Trinajstić information content (AvgIpc) is 2.61. The number of aromatic nitrogens is 2. The van der Waals surface area contributed by atoms with Gasteiger partial charge in [0.25, 0.3) is 5.56 Å². The number of primary amides is 1. The number of fused-ring (bicyclic) bond motifs is 1. The van der Waals surface area contributed by atoms with E-state index >= 15 is 0 Å². The van der Waals surface area contributed by atoms with Crippen LogP contribution >= 0.6 is 23.1 Å². The number of thioether (sulfide) groups is 1. The third kappa shape index (κ3) is 2.40. The van der Waals surface area contributed by atoms with Crippen LogP contribution < -0.4 is 11.3 Å². The van der Waals surface area contributed by atoms with E-state index in [0.29, 0.717) is 10.5 Å². The van der Waals surface area contributed by atoms with E-state index in [1.807, 2.05) is 13.8 Å². The van der Waals surface area contributed by atoms with Crippen molar-refractivity contribution >= 4 is 39.2 Å². The van der Waals surface area contributed by atoms with E-state index in [1.54, 1.807) is 14.0 Å². The Labute approximate surface area is 118 Å². The molecule has 0 unspecified atom stereocenters. The smallest absolute Gasteiger partial charge is 0.262 e. The van der Waals surface area contributed by atoms with Crippen LogP contribution in [0.4, 0.5) is 0 Å². The van der Waals surface area contributed by atoms with Gasteiger partial charge in [-0.2, -0.15) is 0 Å². The first-order chi connectivity index (χ1) is 8.82. The van der Waals surface area contributed by atoms with Crippen LogP contribution in [-0.2, 0) is 11.8 Å². The van der Waals surface area contributed by atoms with Crippen molar-refractivity contribution in [2.75, 3.05) is 0 Å². The molecule has 1 amide bonds. The monoisotopic (exact) mass is 297 g/mol. The van der Waals surface area contributed by atoms with E-state index in [4.69, 9.17) is 5.73 Å². The Bertz CT molecular complexity index is 718. The molecule has 0 aromatic carbocycles. The fraction of sp³-hybridized carbons (Fsp3) is 0.417. The van der Waals surface area contributed by atoms with Crippen LogP contribution in [0.1, 0.15) is 17.4 Å². The Morgan fingerprint density at radius 1 is 1.47 bits per heavy atom. The van der Waals surface area contributed by atoms with Crippen LogP contribution in [-0.4, -0.2) is 20.7 Å². The van der Waals surface area contributed by atoms with Crippen molar-refractivity contribution in [1.29, 1.82) is 0 Å². The second kappa shape index (κ2) is 4.97. The van der Waals surface area contributed by atoms with E-state index in [9.17, 15) is 9.59 Å². The minimum absolute atomic E-state index is 0.0778. The average molecular weight is 297 g/mol. The maximum absolute atomic E-state index is 12.3. The van der Waals surface area contributed by atoms with E-state index in [1.165, 1.54) is 27.7 Å². The van der Waals surface area contributed by atoms with Gasteiger partial charge in [-0.05, 0) is 26.3 Å². The van der Waals surface area contributed by atoms with E-state index in [0.717, 1.165) is 15.3 Å². The fourth-order valence-corrected chi connectivity index (χ4v) is 3.57. The summed E-state index contributed by atoms with van der Waals surface area (Å²) in [5.41, 5.74) is 6.14. The summed E-state index contributed by atoms with van der Waals surface area (Å²) in [6.45, 7) is 5.60. The Morgan fingerprint density at radius 2 is 2.11 bits per heavy atom. The molecule has 0 radical (unpaired) electrons. The summed E-state index contributed by atoms with van der Waals surface area (Å²) in [5.74, 6) is -0.419. The number of carbonyl (C=O) groups excluding carboxylic acids is 1. The Morgan fingerprint density at radius 3 is 2.68 bits per heavy atom. The quantitative estimate of drug-likeness (QED) is 0.689. The number of rotatable bonds is 3. The third-order valence-corrected chi connectivity index (χ3v) is 5.32. The van der Waals surface area contributed by atoms with Crippen LogP contribution in [0.2, 0.25) is 0 Å². The number of hydrogen-bond donors (Lipinski definition) is 1. The van der Waals surface area contributed by atoms with Gasteiger partial charge in [0, 0.05) is 11.9 Å². The number of carbonyl (C=O) groups is 1. The third-order valence-electron chi connectivity index (χ3n) is 3.05. The minimum Gasteiger partial charge on any atom is -0.369 e. The number of nitrogens with zero attached hydrogens (tertiary/aromatic N) is 2. The zero-order valence-electron chi connectivity index (χ0n) is 11.2. The summed E-state index contributed by atoms with van der Waals surface area (Å²) in [6, 6.07) is 0. The molecule has 2 aromatic rings. The highest BCUT2D eigenvalue weighted by Gasteiger charge is 2.18. The molecule has 0 spiro atoms. The minimum atomic E-state index is -0.419. The zero-order valence-corrected chi connectivity index (χ0v) is 12.8. The molecule has 0 saturated carbocycles. The zero-order chi connectivity index (χ0) is 14.3. The van der Waals surface area contributed by atoms with Gasteiger partial charge in [-0.1, -0.05) is 11.8 Å². The molecule has 0 aliphatic heterocycles. The molecule has 7 heteroatoms. The first-order valence-corrected chi connectivity index (χ1v) is 7.45. The van der Waals surface area contributed by atoms with Crippen molar-refractivity contribution in [1.82, 2.24) is 9.55 Å². The molecule has 102 valence electrons. The molecule has 0 bridgehead atoms. The standard InChI is InChI=1S/C12H15N3O2S2/c1-5-6(2)18-10-8(5)11(17)15(4)12(14-10)19-7(3)9(13)16/h7H,1-4H3,(H2,13,16)/t7-/m0/s1. The molecule has 2 heterocycles. The largest absolute Gasteiger partial charge is 0.369 e. The van der Waals surface area contributed by atoms with Gasteiger partial charge in [0.2, 0.25) is 5.91 Å².